The molecule has 0 unspecified atom stereocenters. The molecule has 0 aromatic carbocycles. The van der Waals surface area contributed by atoms with Gasteiger partial charge in [0, 0.05) is 0 Å². The van der Waals surface area contributed by atoms with Crippen molar-refractivity contribution in [2.45, 2.75) is 44.9 Å². The van der Waals surface area contributed by atoms with Gasteiger partial charge in [0.05, 0.1) is 0 Å². The van der Waals surface area contributed by atoms with Gasteiger partial charge < -0.3 is 0 Å². The van der Waals surface area contributed by atoms with Crippen LogP contribution in [0.15, 0.2) is 30.4 Å². The third kappa shape index (κ3) is 6.39. The maximum absolute atomic E-state index is 3.34. The summed E-state index contributed by atoms with van der Waals surface area (Å²) in [5.74, 6) is 0. The van der Waals surface area contributed by atoms with Gasteiger partial charge in [-0.05, 0) is 51.0 Å². The Labute approximate surface area is 82.0 Å². The van der Waals surface area contributed by atoms with Crippen LogP contribution in [-0.2, 0) is 0 Å². The lowest BCUT2D eigenvalue weighted by Gasteiger charge is -1.90. The first-order valence-electron chi connectivity index (χ1n) is 5.35. The van der Waals surface area contributed by atoms with E-state index in [2.05, 4.69) is 36.5 Å². The van der Waals surface area contributed by atoms with Gasteiger partial charge in [0.2, 0.25) is 0 Å². The topological polar surface area (TPSA) is 0 Å². The average Bonchev–Trinajstić information content (AvgIpc) is 2.18. The molecular weight excluding hydrogens is 156 g/mol. The molecular formula is C13H19. The molecule has 0 spiro atoms. The van der Waals surface area contributed by atoms with Crippen LogP contribution in [0.2, 0.25) is 0 Å². The molecule has 71 valence electrons. The minimum Gasteiger partial charge on any atom is -0.0882 e. The summed E-state index contributed by atoms with van der Waals surface area (Å²) in [7, 11) is 0. The van der Waals surface area contributed by atoms with Gasteiger partial charge in [-0.2, -0.15) is 0 Å². The minimum absolute atomic E-state index is 1.11. The van der Waals surface area contributed by atoms with Gasteiger partial charge in [-0.15, -0.1) is 0 Å². The molecule has 0 saturated carbocycles. The Morgan fingerprint density at radius 3 is 2.38 bits per heavy atom. The lowest BCUT2D eigenvalue weighted by Crippen LogP contribution is -1.71. The molecule has 0 saturated heterocycles. The number of hydrogen-bond acceptors (Lipinski definition) is 0. The van der Waals surface area contributed by atoms with Gasteiger partial charge in [-0.25, -0.2) is 0 Å². The molecule has 0 fully saturated rings. The van der Waals surface area contributed by atoms with Crippen molar-refractivity contribution in [1.82, 2.24) is 0 Å². The molecule has 13 heavy (non-hydrogen) atoms. The quantitative estimate of drug-likeness (QED) is 0.484. The van der Waals surface area contributed by atoms with Gasteiger partial charge in [0.25, 0.3) is 0 Å². The van der Waals surface area contributed by atoms with Gasteiger partial charge >= 0.3 is 0 Å². The van der Waals surface area contributed by atoms with Gasteiger partial charge in [-0.3, -0.25) is 0 Å². The van der Waals surface area contributed by atoms with Crippen molar-refractivity contribution in [2.24, 2.45) is 0 Å². The van der Waals surface area contributed by atoms with E-state index in [0.29, 0.717) is 0 Å². The molecule has 0 heterocycles. The second kappa shape index (κ2) is 7.85. The summed E-state index contributed by atoms with van der Waals surface area (Å²) in [5, 5.41) is 0. The van der Waals surface area contributed by atoms with Gasteiger partial charge in [-0.1, -0.05) is 30.4 Å². The Kier molecular flexibility index (Phi) is 6.22. The average molecular weight is 175 g/mol. The van der Waals surface area contributed by atoms with Gasteiger partial charge in [0.15, 0.2) is 0 Å². The van der Waals surface area contributed by atoms with Crippen LogP contribution in [0.5, 0.6) is 0 Å². The Morgan fingerprint density at radius 2 is 1.54 bits per heavy atom. The predicted molar refractivity (Wildman–Crippen MR) is 58.4 cm³/mol. The van der Waals surface area contributed by atoms with E-state index in [1.165, 1.54) is 32.1 Å². The van der Waals surface area contributed by atoms with Crippen LogP contribution in [-0.4, -0.2) is 0 Å². The molecule has 1 radical (unpaired) electrons. The first kappa shape index (κ1) is 10.3. The Morgan fingerprint density at radius 1 is 0.769 bits per heavy atom. The zero-order valence-corrected chi connectivity index (χ0v) is 8.34. The number of allylic oxidation sites excluding steroid dienone is 6. The van der Waals surface area contributed by atoms with E-state index in [4.69, 9.17) is 0 Å². The van der Waals surface area contributed by atoms with Crippen LogP contribution >= 0.6 is 0 Å². The highest BCUT2D eigenvalue weighted by molar-refractivity contribution is 4.93. The summed E-state index contributed by atoms with van der Waals surface area (Å²) in [4.78, 5) is 0. The predicted octanol–water partition coefficient (Wildman–Crippen LogP) is 4.20. The molecule has 0 aliphatic heterocycles. The highest BCUT2D eigenvalue weighted by Crippen LogP contribution is 2.03. The normalized spacial score (nSPS) is 20.3. The van der Waals surface area contributed by atoms with Crippen LogP contribution in [0.25, 0.3) is 0 Å². The van der Waals surface area contributed by atoms with E-state index in [1.807, 2.05) is 0 Å². The Balaban J connectivity index is 2.27. The van der Waals surface area contributed by atoms with Crippen LogP contribution < -0.4 is 0 Å². The largest absolute Gasteiger partial charge is 0.0882 e. The van der Waals surface area contributed by atoms with E-state index < -0.39 is 0 Å². The minimum atomic E-state index is 1.11. The molecule has 1 aliphatic carbocycles. The second-order valence-electron chi connectivity index (χ2n) is 3.41. The van der Waals surface area contributed by atoms with E-state index in [9.17, 15) is 0 Å². The fourth-order valence-corrected chi connectivity index (χ4v) is 1.37. The zero-order valence-electron chi connectivity index (χ0n) is 8.34. The van der Waals surface area contributed by atoms with Crippen LogP contribution in [0.4, 0.5) is 0 Å². The summed E-state index contributed by atoms with van der Waals surface area (Å²) >= 11 is 0. The van der Waals surface area contributed by atoms with E-state index in [1.54, 1.807) is 0 Å². The molecule has 1 aliphatic rings. The van der Waals surface area contributed by atoms with Crippen molar-refractivity contribution in [2.75, 3.05) is 0 Å². The van der Waals surface area contributed by atoms with E-state index in [-0.39, 0.29) is 0 Å². The maximum Gasteiger partial charge on any atom is -0.0169 e. The summed E-state index contributed by atoms with van der Waals surface area (Å²) < 4.78 is 0. The lowest BCUT2D eigenvalue weighted by molar-refractivity contribution is 0.830. The van der Waals surface area contributed by atoms with Crippen molar-refractivity contribution >= 4 is 0 Å². The van der Waals surface area contributed by atoms with Crippen LogP contribution in [0.1, 0.15) is 44.9 Å². The first-order chi connectivity index (χ1) is 6.50. The molecule has 1 rings (SSSR count). The molecule has 0 nitrogen and oxygen atoms in total. The van der Waals surface area contributed by atoms with Crippen molar-refractivity contribution in [3.05, 3.63) is 36.5 Å². The fourth-order valence-electron chi connectivity index (χ4n) is 1.37. The molecule has 0 bridgehead atoms. The highest BCUT2D eigenvalue weighted by atomic mass is 13.9. The molecule has 0 N–H and O–H groups in total. The van der Waals surface area contributed by atoms with Crippen molar-refractivity contribution < 1.29 is 0 Å². The Hall–Kier alpha value is -0.780. The third-order valence-corrected chi connectivity index (χ3v) is 2.16. The Bertz CT molecular complexity index is 164. The molecule has 0 heteroatoms. The maximum atomic E-state index is 3.34. The van der Waals surface area contributed by atoms with Crippen molar-refractivity contribution in [1.29, 1.82) is 0 Å². The second-order valence-corrected chi connectivity index (χ2v) is 3.41. The standard InChI is InChI=1S/C13H19/c1-2-4-6-8-10-12-13-11-9-7-5-3-1/h1-2,5,7,10H,3-4,6,8-9,11,13H2. The lowest BCUT2D eigenvalue weighted by atomic mass is 10.2. The fraction of sp³-hybridized carbons (Fsp3) is 0.538. The van der Waals surface area contributed by atoms with Crippen molar-refractivity contribution in [3.63, 3.8) is 0 Å². The van der Waals surface area contributed by atoms with E-state index >= 15 is 0 Å². The van der Waals surface area contributed by atoms with Gasteiger partial charge in [0.1, 0.15) is 0 Å². The molecule has 0 aromatic heterocycles. The van der Waals surface area contributed by atoms with Crippen LogP contribution in [0, 0.1) is 6.08 Å². The summed E-state index contributed by atoms with van der Waals surface area (Å²) in [5.41, 5.74) is 0. The van der Waals surface area contributed by atoms with Crippen molar-refractivity contribution in [3.8, 4) is 0 Å². The molecule has 0 amide bonds. The summed E-state index contributed by atoms with van der Waals surface area (Å²) in [6, 6.07) is 0. The SMILES string of the molecule is [C]1=CCCCC=CCC=CCCC1. The molecule has 0 aromatic rings. The highest BCUT2D eigenvalue weighted by Gasteiger charge is 1.84. The smallest absolute Gasteiger partial charge is 0.0169 e. The zero-order chi connectivity index (χ0) is 9.19. The van der Waals surface area contributed by atoms with Crippen LogP contribution in [0.3, 0.4) is 0 Å². The summed E-state index contributed by atoms with van der Waals surface area (Å²) in [6.45, 7) is 0. The van der Waals surface area contributed by atoms with E-state index in [0.717, 1.165) is 12.8 Å². The number of rotatable bonds is 0. The molecule has 0 atom stereocenters. The third-order valence-electron chi connectivity index (χ3n) is 2.16. The first-order valence-corrected chi connectivity index (χ1v) is 5.35. The summed E-state index contributed by atoms with van der Waals surface area (Å²) in [6.07, 6.45) is 23.0. The number of hydrogen-bond donors (Lipinski definition) is 0. The monoisotopic (exact) mass is 175 g/mol.